The second-order valence-electron chi connectivity index (χ2n) is 6.99. The van der Waals surface area contributed by atoms with Gasteiger partial charge in [0.15, 0.2) is 5.69 Å². The van der Waals surface area contributed by atoms with Gasteiger partial charge in [0.05, 0.1) is 17.9 Å². The van der Waals surface area contributed by atoms with Crippen LogP contribution < -0.4 is 10.5 Å². The van der Waals surface area contributed by atoms with Gasteiger partial charge in [0, 0.05) is 12.1 Å². The topological polar surface area (TPSA) is 146 Å². The van der Waals surface area contributed by atoms with Gasteiger partial charge in [-0.2, -0.15) is 10.3 Å². The van der Waals surface area contributed by atoms with E-state index in [0.717, 1.165) is 0 Å². The van der Waals surface area contributed by atoms with Crippen molar-refractivity contribution < 1.29 is 33.6 Å². The summed E-state index contributed by atoms with van der Waals surface area (Å²) < 4.78 is 30.3. The summed E-state index contributed by atoms with van der Waals surface area (Å²) in [6, 6.07) is 4.78. The molecule has 1 aromatic carbocycles. The van der Waals surface area contributed by atoms with Crippen molar-refractivity contribution in [3.05, 3.63) is 29.5 Å². The summed E-state index contributed by atoms with van der Waals surface area (Å²) in [6.07, 6.45) is -0.655. The Balaban J connectivity index is 2.47. The number of nitrogens with zero attached hydrogens (tertiary/aromatic N) is 2. The van der Waals surface area contributed by atoms with Crippen LogP contribution in [0.15, 0.2) is 34.5 Å². The summed E-state index contributed by atoms with van der Waals surface area (Å²) in [6.45, 7) is 8.42. The number of nitrogens with one attached hydrogen (secondary N) is 2. The molecule has 1 fully saturated rings. The van der Waals surface area contributed by atoms with Crippen LogP contribution in [0.4, 0.5) is 11.4 Å². The standard InChI is InChI=1S/C17H27N4O7P/c1-6-15-16(22)26-17(18-15,29(25,27-11(2)3)28-12(4)5)20-19-13-7-9-14(10-8-13)21(23)24/h7-12,15,18,21,23H,6H2,1-5H3. The maximum absolute atomic E-state index is 13.7. The third-order valence-corrected chi connectivity index (χ3v) is 6.23. The molecule has 29 heavy (non-hydrogen) atoms. The van der Waals surface area contributed by atoms with Gasteiger partial charge < -0.3 is 19.0 Å². The van der Waals surface area contributed by atoms with Gasteiger partial charge in [0.1, 0.15) is 6.04 Å². The number of carbonyl (C=O) groups is 1. The maximum atomic E-state index is 13.7. The molecule has 0 aromatic heterocycles. The van der Waals surface area contributed by atoms with E-state index in [1.807, 2.05) is 0 Å². The Morgan fingerprint density at radius 3 is 2.24 bits per heavy atom. The van der Waals surface area contributed by atoms with Crippen LogP contribution >= 0.6 is 7.60 Å². The predicted molar refractivity (Wildman–Crippen MR) is 103 cm³/mol. The summed E-state index contributed by atoms with van der Waals surface area (Å²) in [5, 5.41) is 29.7. The van der Waals surface area contributed by atoms with Crippen LogP contribution in [0, 0.1) is 5.21 Å². The van der Waals surface area contributed by atoms with Gasteiger partial charge in [-0.1, -0.05) is 6.92 Å². The highest BCUT2D eigenvalue weighted by molar-refractivity contribution is 7.55. The number of hydrogen-bond acceptors (Lipinski definition) is 10. The monoisotopic (exact) mass is 430 g/mol. The fraction of sp³-hybridized carbons (Fsp3) is 0.588. The van der Waals surface area contributed by atoms with E-state index in [-0.39, 0.29) is 11.4 Å². The average molecular weight is 430 g/mol. The molecule has 0 radical (unpaired) electrons. The number of quaternary nitrogens is 1. The molecule has 12 heteroatoms. The Kier molecular flexibility index (Phi) is 7.63. The van der Waals surface area contributed by atoms with E-state index in [0.29, 0.717) is 6.42 Å². The lowest BCUT2D eigenvalue weighted by molar-refractivity contribution is -0.991. The molecule has 1 aromatic rings. The van der Waals surface area contributed by atoms with E-state index >= 15 is 0 Å². The molecule has 11 nitrogen and oxygen atoms in total. The minimum Gasteiger partial charge on any atom is -0.595 e. The van der Waals surface area contributed by atoms with Gasteiger partial charge in [-0.05, 0) is 46.2 Å². The number of esters is 1. The van der Waals surface area contributed by atoms with E-state index in [1.54, 1.807) is 34.6 Å². The summed E-state index contributed by atoms with van der Waals surface area (Å²) in [7, 11) is -4.17. The molecule has 1 aliphatic rings. The second-order valence-corrected chi connectivity index (χ2v) is 9.02. The minimum absolute atomic E-state index is 0.0760. The van der Waals surface area contributed by atoms with Gasteiger partial charge in [0.2, 0.25) is 0 Å². The molecule has 2 rings (SSSR count). The van der Waals surface area contributed by atoms with E-state index in [4.69, 9.17) is 19.0 Å². The van der Waals surface area contributed by atoms with Crippen molar-refractivity contribution in [2.24, 2.45) is 10.2 Å². The first-order valence-corrected chi connectivity index (χ1v) is 10.8. The van der Waals surface area contributed by atoms with Crippen molar-refractivity contribution in [3.8, 4) is 0 Å². The molecule has 3 unspecified atom stereocenters. The van der Waals surface area contributed by atoms with Crippen LogP contribution in [0.1, 0.15) is 41.0 Å². The molecule has 0 saturated carbocycles. The molecular formula is C17H27N4O7P. The highest BCUT2D eigenvalue weighted by Gasteiger charge is 2.63. The van der Waals surface area contributed by atoms with Gasteiger partial charge in [0.25, 0.3) is 0 Å². The van der Waals surface area contributed by atoms with Crippen molar-refractivity contribution in [1.82, 2.24) is 5.32 Å². The Bertz CT molecular complexity index is 770. The third-order valence-electron chi connectivity index (χ3n) is 3.78. The number of cyclic esters (lactones) is 1. The van der Waals surface area contributed by atoms with E-state index < -0.39 is 42.6 Å². The summed E-state index contributed by atoms with van der Waals surface area (Å²) in [4.78, 5) is 12.3. The van der Waals surface area contributed by atoms with Crippen molar-refractivity contribution >= 4 is 24.9 Å². The summed E-state index contributed by atoms with van der Waals surface area (Å²) in [5.74, 6) is -0.646. The van der Waals surface area contributed by atoms with E-state index in [1.165, 1.54) is 24.3 Å². The van der Waals surface area contributed by atoms with Crippen LogP contribution in [0.25, 0.3) is 0 Å². The number of rotatable bonds is 9. The Hall–Kier alpha value is -1.72. The maximum Gasteiger partial charge on any atom is 0.416 e. The molecule has 0 amide bonds. The normalized spacial score (nSPS) is 23.9. The van der Waals surface area contributed by atoms with Gasteiger partial charge in [-0.3, -0.25) is 9.36 Å². The minimum atomic E-state index is -4.17. The Morgan fingerprint density at radius 2 is 1.83 bits per heavy atom. The quantitative estimate of drug-likeness (QED) is 0.235. The molecule has 0 spiro atoms. The summed E-state index contributed by atoms with van der Waals surface area (Å²) >= 11 is 0. The highest BCUT2D eigenvalue weighted by atomic mass is 31.2. The van der Waals surface area contributed by atoms with Crippen molar-refractivity contribution in [1.29, 1.82) is 0 Å². The van der Waals surface area contributed by atoms with Crippen LogP contribution in [0.3, 0.4) is 0 Å². The van der Waals surface area contributed by atoms with E-state index in [9.17, 15) is 14.6 Å². The SMILES string of the molecule is CCC1NC(N=Nc2ccc([NH+]([O-])O)cc2)(P(=O)(OC(C)C)OC(C)C)OC1=O. The van der Waals surface area contributed by atoms with Crippen LogP contribution in [0.2, 0.25) is 0 Å². The fourth-order valence-electron chi connectivity index (χ4n) is 2.55. The van der Waals surface area contributed by atoms with Gasteiger partial charge >= 0.3 is 19.2 Å². The number of benzene rings is 1. The molecular weight excluding hydrogens is 403 g/mol. The Labute approximate surface area is 169 Å². The average Bonchev–Trinajstić information content (AvgIpc) is 2.96. The number of hydrogen-bond donors (Lipinski definition) is 3. The van der Waals surface area contributed by atoms with Crippen LogP contribution in [0.5, 0.6) is 0 Å². The number of ether oxygens (including phenoxy) is 1. The number of azo groups is 1. The van der Waals surface area contributed by atoms with Crippen LogP contribution in [-0.4, -0.2) is 35.0 Å². The van der Waals surface area contributed by atoms with Crippen LogP contribution in [-0.2, 0) is 23.1 Å². The zero-order chi connectivity index (χ0) is 21.8. The zero-order valence-corrected chi connectivity index (χ0v) is 17.9. The van der Waals surface area contributed by atoms with Crippen molar-refractivity contribution in [2.45, 2.75) is 64.9 Å². The summed E-state index contributed by atoms with van der Waals surface area (Å²) in [5.41, 5.74) is -1.80. The molecule has 162 valence electrons. The largest absolute Gasteiger partial charge is 0.595 e. The lowest BCUT2D eigenvalue weighted by Crippen LogP contribution is -2.99. The molecule has 1 aliphatic heterocycles. The first-order valence-electron chi connectivity index (χ1n) is 9.25. The molecule has 1 heterocycles. The molecule has 3 atom stereocenters. The van der Waals surface area contributed by atoms with Crippen molar-refractivity contribution in [3.63, 3.8) is 0 Å². The molecule has 3 N–H and O–H groups in total. The molecule has 0 aliphatic carbocycles. The smallest absolute Gasteiger partial charge is 0.416 e. The van der Waals surface area contributed by atoms with Crippen molar-refractivity contribution in [2.75, 3.05) is 0 Å². The predicted octanol–water partition coefficient (Wildman–Crippen LogP) is 2.75. The van der Waals surface area contributed by atoms with Gasteiger partial charge in [-0.15, -0.1) is 5.11 Å². The Morgan fingerprint density at radius 1 is 1.28 bits per heavy atom. The zero-order valence-electron chi connectivity index (χ0n) is 17.0. The molecule has 1 saturated heterocycles. The first-order chi connectivity index (χ1) is 13.5. The van der Waals surface area contributed by atoms with Gasteiger partial charge in [-0.25, -0.2) is 10.5 Å². The number of carbonyl (C=O) groups excluding carboxylic acids is 1. The lowest BCUT2D eigenvalue weighted by atomic mass is 10.2. The highest BCUT2D eigenvalue weighted by Crippen LogP contribution is 2.63. The fourth-order valence-corrected chi connectivity index (χ4v) is 4.67. The van der Waals surface area contributed by atoms with E-state index in [2.05, 4.69) is 15.5 Å². The molecule has 0 bridgehead atoms. The second kappa shape index (κ2) is 9.40. The first kappa shape index (κ1) is 23.6. The third kappa shape index (κ3) is 5.46. The lowest BCUT2D eigenvalue weighted by Gasteiger charge is -2.32.